The van der Waals surface area contributed by atoms with Crippen LogP contribution >= 0.6 is 0 Å². The van der Waals surface area contributed by atoms with Crippen molar-refractivity contribution in [3.8, 4) is 0 Å². The van der Waals surface area contributed by atoms with Gasteiger partial charge in [0, 0.05) is 0 Å². The van der Waals surface area contributed by atoms with E-state index in [4.69, 9.17) is 0 Å². The van der Waals surface area contributed by atoms with Gasteiger partial charge in [0.15, 0.2) is 0 Å². The zero-order valence-corrected chi connectivity index (χ0v) is 16.0. The molecule has 0 aliphatic rings. The minimum absolute atomic E-state index is 1.06. The van der Waals surface area contributed by atoms with Crippen molar-refractivity contribution >= 4 is 0 Å². The second kappa shape index (κ2) is 6.73. The molecule has 0 radical (unpaired) electrons. The molecule has 0 spiro atoms. The van der Waals surface area contributed by atoms with Crippen LogP contribution in [-0.4, -0.2) is 128 Å². The lowest BCUT2D eigenvalue weighted by atomic mass is 10.3. The van der Waals surface area contributed by atoms with Crippen LogP contribution in [0.25, 0.3) is 0 Å². The summed E-state index contributed by atoms with van der Waals surface area (Å²) in [5.74, 6) is 0. The standard InChI is InChI=1S/C16H42N4/c1-17(2,3)11-13-19(7,8)15-16-20(9,10)14-12-18(4,5)6/h11-16H2,1-10H3/q+4. The summed E-state index contributed by atoms with van der Waals surface area (Å²) >= 11 is 0. The third-order valence-electron chi connectivity index (χ3n) is 4.06. The van der Waals surface area contributed by atoms with Gasteiger partial charge >= 0.3 is 0 Å². The Hall–Kier alpha value is -0.160. The van der Waals surface area contributed by atoms with Crippen LogP contribution in [0.15, 0.2) is 0 Å². The highest BCUT2D eigenvalue weighted by atomic mass is 15.4. The molecule has 0 aromatic rings. The zero-order chi connectivity index (χ0) is 16.2. The van der Waals surface area contributed by atoms with Crippen LogP contribution in [-0.2, 0) is 0 Å². The fourth-order valence-corrected chi connectivity index (χ4v) is 1.91. The Morgan fingerprint density at radius 3 is 0.750 bits per heavy atom. The topological polar surface area (TPSA) is 0 Å². The number of nitrogens with zero attached hydrogens (tertiary/aromatic N) is 4. The smallest absolute Gasteiger partial charge is 0.128 e. The first-order chi connectivity index (χ1) is 8.62. The average molecular weight is 291 g/mol. The Morgan fingerprint density at radius 2 is 0.550 bits per heavy atom. The first-order valence-electron chi connectivity index (χ1n) is 7.87. The molecule has 0 fully saturated rings. The Kier molecular flexibility index (Phi) is 6.68. The van der Waals surface area contributed by atoms with Gasteiger partial charge in [-0.05, 0) is 0 Å². The summed E-state index contributed by atoms with van der Waals surface area (Å²) < 4.78 is 4.37. The van der Waals surface area contributed by atoms with Crippen LogP contribution in [0.5, 0.6) is 0 Å². The van der Waals surface area contributed by atoms with Crippen LogP contribution in [0.4, 0.5) is 0 Å². The number of likely N-dealkylation sites (N-methyl/N-ethyl adjacent to an activating group) is 4. The van der Waals surface area contributed by atoms with Crippen molar-refractivity contribution in [2.24, 2.45) is 0 Å². The number of hydrogen-bond donors (Lipinski definition) is 0. The maximum Gasteiger partial charge on any atom is 0.128 e. The van der Waals surface area contributed by atoms with Crippen LogP contribution in [0, 0.1) is 0 Å². The molecule has 4 heteroatoms. The van der Waals surface area contributed by atoms with Gasteiger partial charge in [-0.3, -0.25) is 0 Å². The summed E-state index contributed by atoms with van der Waals surface area (Å²) in [6.45, 7) is 7.48. The van der Waals surface area contributed by atoms with Gasteiger partial charge in [-0.1, -0.05) is 0 Å². The number of hydrogen-bond acceptors (Lipinski definition) is 0. The summed E-state index contributed by atoms with van der Waals surface area (Å²) in [4.78, 5) is 0. The van der Waals surface area contributed by atoms with E-state index in [-0.39, 0.29) is 0 Å². The Labute approximate surface area is 128 Å². The molecule has 122 valence electrons. The third kappa shape index (κ3) is 11.6. The monoisotopic (exact) mass is 290 g/mol. The summed E-state index contributed by atoms with van der Waals surface area (Å²) in [5.41, 5.74) is 0. The highest BCUT2D eigenvalue weighted by molar-refractivity contribution is 4.39. The number of rotatable bonds is 9. The highest BCUT2D eigenvalue weighted by Crippen LogP contribution is 2.05. The summed E-state index contributed by atoms with van der Waals surface area (Å²) in [5, 5.41) is 0. The quantitative estimate of drug-likeness (QED) is 0.544. The average Bonchev–Trinajstić information content (AvgIpc) is 2.20. The SMILES string of the molecule is C[N+](C)(C)CC[N+](C)(C)CC[N+](C)(C)CC[N+](C)(C)C. The van der Waals surface area contributed by atoms with Crippen molar-refractivity contribution in [3.05, 3.63) is 0 Å². The normalized spacial score (nSPS) is 14.7. The van der Waals surface area contributed by atoms with Gasteiger partial charge in [0.05, 0.1) is 70.5 Å². The minimum atomic E-state index is 1.06. The molecule has 0 amide bonds. The van der Waals surface area contributed by atoms with E-state index in [1.807, 2.05) is 0 Å². The molecule has 0 saturated carbocycles. The molecule has 0 aliphatic heterocycles. The second-order valence-electron chi connectivity index (χ2n) is 9.79. The molecule has 0 rings (SSSR count). The molecule has 0 aromatic carbocycles. The van der Waals surface area contributed by atoms with Crippen LogP contribution in [0.2, 0.25) is 0 Å². The van der Waals surface area contributed by atoms with E-state index < -0.39 is 0 Å². The van der Waals surface area contributed by atoms with Crippen LogP contribution in [0.1, 0.15) is 0 Å². The predicted octanol–water partition coefficient (Wildman–Crippen LogP) is 0.552. The van der Waals surface area contributed by atoms with Gasteiger partial charge in [-0.2, -0.15) is 0 Å². The Morgan fingerprint density at radius 1 is 0.350 bits per heavy atom. The van der Waals surface area contributed by atoms with E-state index in [1.165, 1.54) is 39.3 Å². The lowest BCUT2D eigenvalue weighted by molar-refractivity contribution is -0.974. The van der Waals surface area contributed by atoms with Gasteiger partial charge < -0.3 is 17.9 Å². The Bertz CT molecular complexity index is 252. The van der Waals surface area contributed by atoms with E-state index in [0.29, 0.717) is 0 Å². The fourth-order valence-electron chi connectivity index (χ4n) is 1.91. The van der Waals surface area contributed by atoms with E-state index >= 15 is 0 Å². The van der Waals surface area contributed by atoms with Crippen LogP contribution < -0.4 is 0 Å². The molecule has 0 atom stereocenters. The van der Waals surface area contributed by atoms with Gasteiger partial charge in [0.25, 0.3) is 0 Å². The molecule has 20 heavy (non-hydrogen) atoms. The van der Waals surface area contributed by atoms with Crippen molar-refractivity contribution in [3.63, 3.8) is 0 Å². The molecule has 0 aliphatic carbocycles. The summed E-state index contributed by atoms with van der Waals surface area (Å²) in [7, 11) is 23.2. The largest absolute Gasteiger partial charge is 0.326 e. The van der Waals surface area contributed by atoms with E-state index in [9.17, 15) is 0 Å². The van der Waals surface area contributed by atoms with Gasteiger partial charge in [-0.25, -0.2) is 0 Å². The molecule has 0 aromatic heterocycles. The molecular weight excluding hydrogens is 248 g/mol. The third-order valence-corrected chi connectivity index (χ3v) is 4.06. The lowest BCUT2D eigenvalue weighted by Crippen LogP contribution is -2.56. The summed E-state index contributed by atoms with van der Waals surface area (Å²) in [6.07, 6.45) is 0. The molecule has 0 unspecified atom stereocenters. The summed E-state index contributed by atoms with van der Waals surface area (Å²) in [6, 6.07) is 0. The van der Waals surface area contributed by atoms with Gasteiger partial charge in [0.2, 0.25) is 0 Å². The maximum atomic E-state index is 2.37. The van der Waals surface area contributed by atoms with Gasteiger partial charge in [0.1, 0.15) is 39.3 Å². The van der Waals surface area contributed by atoms with Gasteiger partial charge in [-0.15, -0.1) is 0 Å². The first kappa shape index (κ1) is 19.8. The van der Waals surface area contributed by atoms with Crippen LogP contribution in [0.3, 0.4) is 0 Å². The van der Waals surface area contributed by atoms with Crippen molar-refractivity contribution in [1.29, 1.82) is 0 Å². The maximum absolute atomic E-state index is 2.37. The van der Waals surface area contributed by atoms with Crippen molar-refractivity contribution in [2.75, 3.05) is 110 Å². The predicted molar refractivity (Wildman–Crippen MR) is 89.5 cm³/mol. The lowest BCUT2D eigenvalue weighted by Gasteiger charge is -2.38. The van der Waals surface area contributed by atoms with Crippen molar-refractivity contribution < 1.29 is 17.9 Å². The fraction of sp³-hybridized carbons (Fsp3) is 1.00. The molecule has 0 bridgehead atoms. The van der Waals surface area contributed by atoms with Crippen molar-refractivity contribution in [1.82, 2.24) is 0 Å². The van der Waals surface area contributed by atoms with E-state index in [1.54, 1.807) is 0 Å². The molecular formula is C16H42N4+4. The highest BCUT2D eigenvalue weighted by Gasteiger charge is 2.26. The van der Waals surface area contributed by atoms with E-state index in [2.05, 4.69) is 70.5 Å². The second-order valence-corrected chi connectivity index (χ2v) is 9.79. The molecule has 4 nitrogen and oxygen atoms in total. The molecule has 0 N–H and O–H groups in total. The zero-order valence-electron chi connectivity index (χ0n) is 16.0. The van der Waals surface area contributed by atoms with E-state index in [0.717, 1.165) is 17.9 Å². The Balaban J connectivity index is 4.23. The first-order valence-corrected chi connectivity index (χ1v) is 7.87. The minimum Gasteiger partial charge on any atom is -0.326 e. The van der Waals surface area contributed by atoms with Crippen molar-refractivity contribution in [2.45, 2.75) is 0 Å². The molecule has 0 saturated heterocycles. The number of quaternary nitrogens is 4. The molecule has 0 heterocycles.